The molecule has 0 aromatic carbocycles. The number of hydrogen-bond donors (Lipinski definition) is 1. The second-order valence-corrected chi connectivity index (χ2v) is 4.13. The van der Waals surface area contributed by atoms with Crippen LogP contribution in [-0.2, 0) is 0 Å². The van der Waals surface area contributed by atoms with E-state index in [1.165, 1.54) is 6.42 Å². The summed E-state index contributed by atoms with van der Waals surface area (Å²) in [5.41, 5.74) is 5.54. The lowest BCUT2D eigenvalue weighted by atomic mass is 9.96. The van der Waals surface area contributed by atoms with E-state index in [1.807, 2.05) is 0 Å². The van der Waals surface area contributed by atoms with Crippen molar-refractivity contribution in [2.75, 3.05) is 5.73 Å². The molecule has 1 heterocycles. The molecule has 5 heteroatoms. The summed E-state index contributed by atoms with van der Waals surface area (Å²) in [7, 11) is 0. The average molecular weight is 233 g/mol. The molecule has 2 N–H and O–H groups in total. The van der Waals surface area contributed by atoms with E-state index in [0.29, 0.717) is 15.9 Å². The minimum absolute atomic E-state index is 0.237. The molecule has 1 aliphatic rings. The van der Waals surface area contributed by atoms with Crippen molar-refractivity contribution in [1.29, 1.82) is 0 Å². The molecule has 0 amide bonds. The highest BCUT2D eigenvalue weighted by Gasteiger charge is 2.21. The van der Waals surface area contributed by atoms with E-state index >= 15 is 0 Å². The van der Waals surface area contributed by atoms with Gasteiger partial charge >= 0.3 is 0 Å². The van der Waals surface area contributed by atoms with Crippen LogP contribution in [0.5, 0.6) is 5.88 Å². The lowest BCUT2D eigenvalue weighted by molar-refractivity contribution is 0.115. The molecule has 14 heavy (non-hydrogen) atoms. The van der Waals surface area contributed by atoms with Crippen LogP contribution in [0.2, 0.25) is 10.0 Å². The van der Waals surface area contributed by atoms with Crippen molar-refractivity contribution in [2.45, 2.75) is 25.4 Å². The summed E-state index contributed by atoms with van der Waals surface area (Å²) in [4.78, 5) is 3.99. The molecule has 0 atom stereocenters. The predicted molar refractivity (Wildman–Crippen MR) is 56.9 cm³/mol. The van der Waals surface area contributed by atoms with Crippen molar-refractivity contribution in [3.63, 3.8) is 0 Å². The zero-order valence-corrected chi connectivity index (χ0v) is 8.98. The van der Waals surface area contributed by atoms with Crippen molar-refractivity contribution in [3.8, 4) is 5.88 Å². The molecule has 0 unspecified atom stereocenters. The quantitative estimate of drug-likeness (QED) is 0.854. The zero-order valence-electron chi connectivity index (χ0n) is 7.46. The maximum Gasteiger partial charge on any atom is 0.234 e. The third kappa shape index (κ3) is 1.88. The van der Waals surface area contributed by atoms with Gasteiger partial charge in [-0.05, 0) is 25.3 Å². The van der Waals surface area contributed by atoms with Crippen LogP contribution in [-0.4, -0.2) is 11.1 Å². The summed E-state index contributed by atoms with van der Waals surface area (Å²) in [6.45, 7) is 0. The number of hydrogen-bond acceptors (Lipinski definition) is 3. The summed E-state index contributed by atoms with van der Waals surface area (Å²) in [5, 5.41) is 0.770. The van der Waals surface area contributed by atoms with Crippen LogP contribution < -0.4 is 10.5 Å². The molecule has 0 aliphatic heterocycles. The highest BCUT2D eigenvalue weighted by Crippen LogP contribution is 2.32. The Labute approximate surface area is 92.2 Å². The summed E-state index contributed by atoms with van der Waals surface area (Å²) in [6.07, 6.45) is 3.55. The molecular formula is C9H10Cl2N2O. The van der Waals surface area contributed by atoms with Crippen molar-refractivity contribution in [2.24, 2.45) is 0 Å². The first-order valence-corrected chi connectivity index (χ1v) is 5.20. The summed E-state index contributed by atoms with van der Waals surface area (Å²) in [5.74, 6) is 0.642. The second kappa shape index (κ2) is 3.83. The number of ether oxygens (including phenoxy) is 1. The first-order valence-electron chi connectivity index (χ1n) is 4.45. The smallest absolute Gasteiger partial charge is 0.234 e. The molecular weight excluding hydrogens is 223 g/mol. The van der Waals surface area contributed by atoms with Gasteiger partial charge < -0.3 is 10.5 Å². The third-order valence-corrected chi connectivity index (χ3v) is 2.83. The minimum atomic E-state index is 0.237. The largest absolute Gasteiger partial charge is 0.473 e. The van der Waals surface area contributed by atoms with E-state index in [2.05, 4.69) is 4.98 Å². The Morgan fingerprint density at radius 3 is 2.64 bits per heavy atom. The van der Waals surface area contributed by atoms with Crippen molar-refractivity contribution in [3.05, 3.63) is 16.1 Å². The van der Waals surface area contributed by atoms with Gasteiger partial charge in [-0.25, -0.2) is 0 Å². The molecule has 3 nitrogen and oxygen atoms in total. The fraction of sp³-hybridized carbons (Fsp3) is 0.444. The van der Waals surface area contributed by atoms with Crippen molar-refractivity contribution >= 4 is 29.0 Å². The van der Waals surface area contributed by atoms with Gasteiger partial charge in [0.2, 0.25) is 5.88 Å². The molecule has 1 saturated carbocycles. The van der Waals surface area contributed by atoms with E-state index in [9.17, 15) is 0 Å². The number of nitrogen functional groups attached to an aromatic ring is 1. The molecule has 1 aliphatic carbocycles. The van der Waals surface area contributed by atoms with Crippen molar-refractivity contribution < 1.29 is 4.74 Å². The van der Waals surface area contributed by atoms with Crippen molar-refractivity contribution in [1.82, 2.24) is 4.98 Å². The van der Waals surface area contributed by atoms with Crippen LogP contribution in [0.4, 0.5) is 5.82 Å². The minimum Gasteiger partial charge on any atom is -0.473 e. The molecule has 2 rings (SSSR count). The Bertz CT molecular complexity index is 353. The SMILES string of the molecule is Nc1nc(OC2CCC2)c(Cl)cc1Cl. The van der Waals surface area contributed by atoms with Gasteiger partial charge in [-0.2, -0.15) is 4.98 Å². The molecule has 0 radical (unpaired) electrons. The second-order valence-electron chi connectivity index (χ2n) is 3.31. The molecule has 0 spiro atoms. The number of halogens is 2. The average Bonchev–Trinajstić information content (AvgIpc) is 2.06. The number of pyridine rings is 1. The van der Waals surface area contributed by atoms with Crippen LogP contribution >= 0.6 is 23.2 Å². The molecule has 1 fully saturated rings. The van der Waals surface area contributed by atoms with Gasteiger partial charge in [-0.3, -0.25) is 0 Å². The Balaban J connectivity index is 2.19. The number of aromatic nitrogens is 1. The molecule has 1 aromatic heterocycles. The number of anilines is 1. The zero-order chi connectivity index (χ0) is 10.1. The maximum absolute atomic E-state index is 5.90. The normalized spacial score (nSPS) is 16.4. The number of rotatable bonds is 2. The fourth-order valence-electron chi connectivity index (χ4n) is 1.19. The van der Waals surface area contributed by atoms with Crippen LogP contribution in [0, 0.1) is 0 Å². The van der Waals surface area contributed by atoms with E-state index in [1.54, 1.807) is 6.07 Å². The monoisotopic (exact) mass is 232 g/mol. The molecule has 76 valence electrons. The fourth-order valence-corrected chi connectivity index (χ4v) is 1.60. The Hall–Kier alpha value is -0.670. The van der Waals surface area contributed by atoms with E-state index < -0.39 is 0 Å². The van der Waals surface area contributed by atoms with Crippen LogP contribution in [0.1, 0.15) is 19.3 Å². The van der Waals surface area contributed by atoms with E-state index in [4.69, 9.17) is 33.7 Å². The van der Waals surface area contributed by atoms with E-state index in [0.717, 1.165) is 12.8 Å². The lowest BCUT2D eigenvalue weighted by Gasteiger charge is -2.26. The highest BCUT2D eigenvalue weighted by atomic mass is 35.5. The van der Waals surface area contributed by atoms with E-state index in [-0.39, 0.29) is 11.9 Å². The number of nitrogens with zero attached hydrogens (tertiary/aromatic N) is 1. The predicted octanol–water partition coefficient (Wildman–Crippen LogP) is 2.90. The summed E-state index contributed by atoms with van der Waals surface area (Å²) < 4.78 is 5.54. The van der Waals surface area contributed by atoms with Gasteiger partial charge in [-0.1, -0.05) is 23.2 Å². The summed E-state index contributed by atoms with van der Waals surface area (Å²) in [6, 6.07) is 1.56. The van der Waals surface area contributed by atoms with Crippen LogP contribution in [0.25, 0.3) is 0 Å². The lowest BCUT2D eigenvalue weighted by Crippen LogP contribution is -2.25. The Morgan fingerprint density at radius 1 is 1.36 bits per heavy atom. The van der Waals surface area contributed by atoms with Gasteiger partial charge in [0.1, 0.15) is 16.9 Å². The Morgan fingerprint density at radius 2 is 2.07 bits per heavy atom. The highest BCUT2D eigenvalue weighted by molar-refractivity contribution is 6.36. The molecule has 0 bridgehead atoms. The summed E-state index contributed by atoms with van der Waals surface area (Å²) >= 11 is 11.6. The van der Waals surface area contributed by atoms with Gasteiger partial charge in [-0.15, -0.1) is 0 Å². The maximum atomic E-state index is 5.90. The van der Waals surface area contributed by atoms with Gasteiger partial charge in [0.05, 0.1) is 5.02 Å². The molecule has 1 aromatic rings. The van der Waals surface area contributed by atoms with Gasteiger partial charge in [0, 0.05) is 0 Å². The van der Waals surface area contributed by atoms with Crippen LogP contribution in [0.15, 0.2) is 6.07 Å². The standard InChI is InChI=1S/C9H10Cl2N2O/c10-6-4-7(11)9(13-8(6)12)14-5-2-1-3-5/h4-5H,1-3H2,(H2,12,13). The first-order chi connectivity index (χ1) is 6.66. The first kappa shape index (κ1) is 9.87. The van der Waals surface area contributed by atoms with Crippen LogP contribution in [0.3, 0.4) is 0 Å². The number of nitrogens with two attached hydrogens (primary N) is 1. The third-order valence-electron chi connectivity index (χ3n) is 2.25. The molecule has 0 saturated heterocycles. The Kier molecular flexibility index (Phi) is 2.70. The van der Waals surface area contributed by atoms with Gasteiger partial charge in [0.15, 0.2) is 0 Å². The topological polar surface area (TPSA) is 48.1 Å². The van der Waals surface area contributed by atoms with Gasteiger partial charge in [0.25, 0.3) is 0 Å².